The van der Waals surface area contributed by atoms with Crippen molar-refractivity contribution in [3.63, 3.8) is 0 Å². The minimum Gasteiger partial charge on any atom is -0.459 e. The largest absolute Gasteiger partial charge is 0.459 e. The molecule has 0 saturated heterocycles. The molecule has 1 aromatic heterocycles. The minimum atomic E-state index is -0.934. The third kappa shape index (κ3) is 3.88. The SMILES string of the molecule is CCOC(=O)C(=O)NCc1nnc(-c2cccc(C)c2)o1. The van der Waals surface area contributed by atoms with Crippen LogP contribution in [0.2, 0.25) is 0 Å². The van der Waals surface area contributed by atoms with Gasteiger partial charge in [-0.25, -0.2) is 4.79 Å². The van der Waals surface area contributed by atoms with Crippen LogP contribution in [0, 0.1) is 6.92 Å². The van der Waals surface area contributed by atoms with E-state index >= 15 is 0 Å². The van der Waals surface area contributed by atoms with Crippen LogP contribution < -0.4 is 5.32 Å². The molecule has 1 N–H and O–H groups in total. The Labute approximate surface area is 121 Å². The van der Waals surface area contributed by atoms with Gasteiger partial charge in [0.25, 0.3) is 0 Å². The van der Waals surface area contributed by atoms with Crippen LogP contribution in [0.3, 0.4) is 0 Å². The first-order valence-corrected chi connectivity index (χ1v) is 6.44. The Balaban J connectivity index is 1.98. The van der Waals surface area contributed by atoms with Crippen molar-refractivity contribution < 1.29 is 18.7 Å². The predicted octanol–water partition coefficient (Wildman–Crippen LogP) is 1.22. The molecule has 0 saturated carbocycles. The smallest absolute Gasteiger partial charge is 0.396 e. The standard InChI is InChI=1S/C14H15N3O4/c1-3-20-14(19)12(18)15-8-11-16-17-13(21-11)10-6-4-5-9(2)7-10/h4-7H,3,8H2,1-2H3,(H,15,18). The van der Waals surface area contributed by atoms with Gasteiger partial charge >= 0.3 is 11.9 Å². The number of hydrogen-bond acceptors (Lipinski definition) is 6. The highest BCUT2D eigenvalue weighted by molar-refractivity contribution is 6.32. The summed E-state index contributed by atoms with van der Waals surface area (Å²) in [5.41, 5.74) is 1.87. The predicted molar refractivity (Wildman–Crippen MR) is 73.0 cm³/mol. The number of aryl methyl sites for hydroxylation is 1. The molecule has 0 radical (unpaired) electrons. The molecule has 110 valence electrons. The summed E-state index contributed by atoms with van der Waals surface area (Å²) in [6, 6.07) is 7.60. The molecule has 0 aliphatic heterocycles. The van der Waals surface area contributed by atoms with Crippen molar-refractivity contribution in [1.82, 2.24) is 15.5 Å². The quantitative estimate of drug-likeness (QED) is 0.672. The summed E-state index contributed by atoms with van der Waals surface area (Å²) in [6.07, 6.45) is 0. The lowest BCUT2D eigenvalue weighted by Crippen LogP contribution is -2.32. The summed E-state index contributed by atoms with van der Waals surface area (Å²) in [4.78, 5) is 22.5. The molecule has 2 rings (SSSR count). The molecular weight excluding hydrogens is 274 g/mol. The van der Waals surface area contributed by atoms with Gasteiger partial charge in [0.1, 0.15) is 0 Å². The summed E-state index contributed by atoms with van der Waals surface area (Å²) >= 11 is 0. The monoisotopic (exact) mass is 289 g/mol. The number of benzene rings is 1. The van der Waals surface area contributed by atoms with Crippen LogP contribution in [0.25, 0.3) is 11.5 Å². The molecule has 0 spiro atoms. The molecule has 0 aliphatic rings. The number of nitrogens with zero attached hydrogens (tertiary/aromatic N) is 2. The highest BCUT2D eigenvalue weighted by Gasteiger charge is 2.16. The Morgan fingerprint density at radius 1 is 1.33 bits per heavy atom. The molecule has 1 amide bonds. The first kappa shape index (κ1) is 14.7. The van der Waals surface area contributed by atoms with Crippen LogP contribution in [-0.4, -0.2) is 28.7 Å². The van der Waals surface area contributed by atoms with E-state index in [1.54, 1.807) is 6.92 Å². The number of hydrogen-bond donors (Lipinski definition) is 1. The van der Waals surface area contributed by atoms with E-state index in [9.17, 15) is 9.59 Å². The molecule has 0 atom stereocenters. The molecule has 0 bridgehead atoms. The maximum Gasteiger partial charge on any atom is 0.396 e. The fourth-order valence-corrected chi connectivity index (χ4v) is 1.64. The molecule has 21 heavy (non-hydrogen) atoms. The van der Waals surface area contributed by atoms with Crippen LogP contribution in [0.1, 0.15) is 18.4 Å². The van der Waals surface area contributed by atoms with Crippen LogP contribution in [-0.2, 0) is 20.9 Å². The average Bonchev–Trinajstić information content (AvgIpc) is 2.94. The second kappa shape index (κ2) is 6.65. The fraction of sp³-hybridized carbons (Fsp3) is 0.286. The van der Waals surface area contributed by atoms with Gasteiger partial charge in [-0.1, -0.05) is 17.7 Å². The zero-order chi connectivity index (χ0) is 15.2. The van der Waals surface area contributed by atoms with E-state index in [1.807, 2.05) is 31.2 Å². The Morgan fingerprint density at radius 3 is 2.86 bits per heavy atom. The van der Waals surface area contributed by atoms with E-state index in [0.29, 0.717) is 5.89 Å². The highest BCUT2D eigenvalue weighted by Crippen LogP contribution is 2.18. The van der Waals surface area contributed by atoms with Crippen molar-refractivity contribution in [3.05, 3.63) is 35.7 Å². The van der Waals surface area contributed by atoms with Crippen molar-refractivity contribution >= 4 is 11.9 Å². The number of carbonyl (C=O) groups excluding carboxylic acids is 2. The zero-order valence-electron chi connectivity index (χ0n) is 11.8. The van der Waals surface area contributed by atoms with Gasteiger partial charge in [0.15, 0.2) is 0 Å². The van der Waals surface area contributed by atoms with E-state index in [4.69, 9.17) is 4.42 Å². The van der Waals surface area contributed by atoms with Crippen molar-refractivity contribution in [1.29, 1.82) is 0 Å². The summed E-state index contributed by atoms with van der Waals surface area (Å²) in [5.74, 6) is -1.20. The number of aromatic nitrogens is 2. The average molecular weight is 289 g/mol. The molecule has 0 fully saturated rings. The fourth-order valence-electron chi connectivity index (χ4n) is 1.64. The molecule has 0 aliphatic carbocycles. The maximum atomic E-state index is 11.4. The van der Waals surface area contributed by atoms with E-state index in [1.165, 1.54) is 0 Å². The van der Waals surface area contributed by atoms with Crippen molar-refractivity contribution in [2.24, 2.45) is 0 Å². The van der Waals surface area contributed by atoms with Crippen LogP contribution >= 0.6 is 0 Å². The van der Waals surface area contributed by atoms with Crippen LogP contribution in [0.15, 0.2) is 28.7 Å². The Kier molecular flexibility index (Phi) is 4.65. The molecule has 2 aromatic rings. The second-order valence-electron chi connectivity index (χ2n) is 4.27. The number of nitrogens with one attached hydrogen (secondary N) is 1. The van der Waals surface area contributed by atoms with Crippen LogP contribution in [0.4, 0.5) is 0 Å². The lowest BCUT2D eigenvalue weighted by atomic mass is 10.1. The summed E-state index contributed by atoms with van der Waals surface area (Å²) in [5, 5.41) is 10.1. The van der Waals surface area contributed by atoms with E-state index in [2.05, 4.69) is 20.3 Å². The van der Waals surface area contributed by atoms with Crippen LogP contribution in [0.5, 0.6) is 0 Å². The molecule has 7 nitrogen and oxygen atoms in total. The Bertz CT molecular complexity index is 651. The second-order valence-corrected chi connectivity index (χ2v) is 4.27. The number of carbonyl (C=O) groups is 2. The van der Waals surface area contributed by atoms with Gasteiger partial charge in [-0.2, -0.15) is 0 Å². The zero-order valence-corrected chi connectivity index (χ0v) is 11.8. The van der Waals surface area contributed by atoms with Gasteiger partial charge in [0.05, 0.1) is 13.2 Å². The van der Waals surface area contributed by atoms with Gasteiger partial charge in [0.2, 0.25) is 11.8 Å². The van der Waals surface area contributed by atoms with E-state index in [-0.39, 0.29) is 19.0 Å². The molecule has 7 heteroatoms. The third-order valence-corrected chi connectivity index (χ3v) is 2.59. The summed E-state index contributed by atoms with van der Waals surface area (Å²) in [6.45, 7) is 3.69. The van der Waals surface area contributed by atoms with Gasteiger partial charge in [0, 0.05) is 5.56 Å². The van der Waals surface area contributed by atoms with E-state index in [0.717, 1.165) is 11.1 Å². The lowest BCUT2D eigenvalue weighted by molar-refractivity contribution is -0.154. The normalized spacial score (nSPS) is 10.2. The lowest BCUT2D eigenvalue weighted by Gasteiger charge is -2.01. The topological polar surface area (TPSA) is 94.3 Å². The van der Waals surface area contributed by atoms with Crippen molar-refractivity contribution in [3.8, 4) is 11.5 Å². The third-order valence-electron chi connectivity index (χ3n) is 2.59. The van der Waals surface area contributed by atoms with Crippen molar-refractivity contribution in [2.45, 2.75) is 20.4 Å². The first-order chi connectivity index (χ1) is 10.1. The van der Waals surface area contributed by atoms with Gasteiger partial charge in [-0.15, -0.1) is 10.2 Å². The Morgan fingerprint density at radius 2 is 2.14 bits per heavy atom. The van der Waals surface area contributed by atoms with Gasteiger partial charge in [-0.3, -0.25) is 4.79 Å². The summed E-state index contributed by atoms with van der Waals surface area (Å²) in [7, 11) is 0. The maximum absolute atomic E-state index is 11.4. The number of rotatable bonds is 4. The molecule has 1 aromatic carbocycles. The minimum absolute atomic E-state index is 0.0313. The molecule has 1 heterocycles. The van der Waals surface area contributed by atoms with Crippen molar-refractivity contribution in [2.75, 3.05) is 6.61 Å². The van der Waals surface area contributed by atoms with Gasteiger partial charge in [-0.05, 0) is 26.0 Å². The van der Waals surface area contributed by atoms with Gasteiger partial charge < -0.3 is 14.5 Å². The number of ether oxygens (including phenoxy) is 1. The number of esters is 1. The highest BCUT2D eigenvalue weighted by atomic mass is 16.5. The van der Waals surface area contributed by atoms with E-state index < -0.39 is 11.9 Å². The molecule has 0 unspecified atom stereocenters. The first-order valence-electron chi connectivity index (χ1n) is 6.44. The number of amides is 1. The summed E-state index contributed by atoms with van der Waals surface area (Å²) < 4.78 is 9.99. The molecular formula is C14H15N3O4. The Hall–Kier alpha value is -2.70.